The van der Waals surface area contributed by atoms with E-state index in [1.54, 1.807) is 11.8 Å². The Balaban J connectivity index is 1.50. The van der Waals surface area contributed by atoms with Gasteiger partial charge in [-0.3, -0.25) is 4.79 Å². The molecular formula is C28H36O2S. The molecule has 0 heterocycles. The van der Waals surface area contributed by atoms with E-state index >= 15 is 0 Å². The van der Waals surface area contributed by atoms with E-state index in [0.717, 1.165) is 49.9 Å². The van der Waals surface area contributed by atoms with Gasteiger partial charge in [0, 0.05) is 22.6 Å². The van der Waals surface area contributed by atoms with E-state index in [0.29, 0.717) is 30.0 Å². The van der Waals surface area contributed by atoms with Gasteiger partial charge in [0.1, 0.15) is 0 Å². The topological polar surface area (TPSA) is 37.3 Å². The van der Waals surface area contributed by atoms with Crippen molar-refractivity contribution in [3.05, 3.63) is 53.6 Å². The number of hydrogen-bond donors (Lipinski definition) is 1. The lowest BCUT2D eigenvalue weighted by Crippen LogP contribution is -2.54. The van der Waals surface area contributed by atoms with Gasteiger partial charge in [0.2, 0.25) is 0 Å². The maximum atomic E-state index is 13.1. The summed E-state index contributed by atoms with van der Waals surface area (Å²) in [6.45, 7) is 11.4. The van der Waals surface area contributed by atoms with Gasteiger partial charge in [-0.05, 0) is 91.7 Å². The number of thioether (sulfide) groups is 1. The van der Waals surface area contributed by atoms with Crippen LogP contribution in [0.2, 0.25) is 0 Å². The van der Waals surface area contributed by atoms with Crippen molar-refractivity contribution in [3.63, 3.8) is 0 Å². The molecular weight excluding hydrogens is 400 g/mol. The first-order valence-corrected chi connectivity index (χ1v) is 13.0. The Morgan fingerprint density at radius 1 is 1.06 bits per heavy atom. The predicted molar refractivity (Wildman–Crippen MR) is 128 cm³/mol. The molecule has 0 aromatic heterocycles. The molecule has 1 N–H and O–H groups in total. The van der Waals surface area contributed by atoms with Gasteiger partial charge in [0.25, 0.3) is 0 Å². The average molecular weight is 437 g/mol. The fourth-order valence-corrected chi connectivity index (χ4v) is 8.91. The SMILES string of the molecule is C=C1C[C@@H]2[C@@H](CC[C@@]3(C)[C@H]2CCC3(C)O)[C@@]2(C)CCC(=O)C(CSc3ccccc3)=C12. The minimum absolute atomic E-state index is 0.0164. The summed E-state index contributed by atoms with van der Waals surface area (Å²) in [5, 5.41) is 11.2. The number of aliphatic hydroxyl groups is 1. The molecule has 3 heteroatoms. The van der Waals surface area contributed by atoms with Crippen molar-refractivity contribution in [2.45, 2.75) is 76.2 Å². The monoisotopic (exact) mass is 436 g/mol. The third kappa shape index (κ3) is 3.14. The molecule has 0 saturated heterocycles. The molecule has 1 unspecified atom stereocenters. The third-order valence-electron chi connectivity index (χ3n) is 9.86. The maximum Gasteiger partial charge on any atom is 0.160 e. The zero-order chi connectivity index (χ0) is 22.0. The Morgan fingerprint density at radius 2 is 1.77 bits per heavy atom. The zero-order valence-corrected chi connectivity index (χ0v) is 20.1. The van der Waals surface area contributed by atoms with Crippen molar-refractivity contribution in [1.82, 2.24) is 0 Å². The molecule has 5 rings (SSSR count). The molecule has 166 valence electrons. The second-order valence-electron chi connectivity index (χ2n) is 11.2. The molecule has 4 aliphatic carbocycles. The Morgan fingerprint density at radius 3 is 2.52 bits per heavy atom. The summed E-state index contributed by atoms with van der Waals surface area (Å²) in [7, 11) is 0. The van der Waals surface area contributed by atoms with Crippen LogP contribution in [0.4, 0.5) is 0 Å². The Kier molecular flexibility index (Phi) is 5.10. The minimum atomic E-state index is -0.555. The quantitative estimate of drug-likeness (QED) is 0.543. The number of benzene rings is 1. The van der Waals surface area contributed by atoms with Gasteiger partial charge in [-0.15, -0.1) is 11.8 Å². The van der Waals surface area contributed by atoms with Crippen molar-refractivity contribution in [2.75, 3.05) is 5.75 Å². The summed E-state index contributed by atoms with van der Waals surface area (Å²) in [5.74, 6) is 2.84. The molecule has 3 fully saturated rings. The highest BCUT2D eigenvalue weighted by molar-refractivity contribution is 7.99. The van der Waals surface area contributed by atoms with E-state index in [1.165, 1.54) is 16.0 Å². The second kappa shape index (κ2) is 7.35. The molecule has 6 atom stereocenters. The lowest BCUT2D eigenvalue weighted by molar-refractivity contribution is -0.122. The summed E-state index contributed by atoms with van der Waals surface area (Å²) in [6, 6.07) is 10.4. The van der Waals surface area contributed by atoms with Gasteiger partial charge in [-0.25, -0.2) is 0 Å². The third-order valence-corrected chi connectivity index (χ3v) is 10.9. The van der Waals surface area contributed by atoms with E-state index in [4.69, 9.17) is 0 Å². The molecule has 0 bridgehead atoms. The van der Waals surface area contributed by atoms with Crippen molar-refractivity contribution >= 4 is 17.5 Å². The standard InChI is InChI=1S/C28H36O2S/c1-18-16-20-22(10-14-27(3)23(20)11-15-28(27,4)30)26(2)13-12-24(29)21(25(18)26)17-31-19-8-6-5-7-9-19/h5-9,20,22-23,30H,1,10-17H2,2-4H3/t20-,22-,23+,26-,27+,28?/m1/s1. The predicted octanol–water partition coefficient (Wildman–Crippen LogP) is 6.60. The minimum Gasteiger partial charge on any atom is -0.390 e. The van der Waals surface area contributed by atoms with Crippen LogP contribution in [-0.4, -0.2) is 22.2 Å². The van der Waals surface area contributed by atoms with Crippen LogP contribution < -0.4 is 0 Å². The van der Waals surface area contributed by atoms with Crippen LogP contribution in [0.3, 0.4) is 0 Å². The number of allylic oxidation sites excluding steroid dienone is 2. The van der Waals surface area contributed by atoms with Crippen LogP contribution in [-0.2, 0) is 4.79 Å². The number of carbonyl (C=O) groups excluding carboxylic acids is 1. The molecule has 0 aliphatic heterocycles. The average Bonchev–Trinajstić information content (AvgIpc) is 2.98. The van der Waals surface area contributed by atoms with Crippen molar-refractivity contribution < 1.29 is 9.90 Å². The zero-order valence-electron chi connectivity index (χ0n) is 19.2. The molecule has 0 radical (unpaired) electrons. The number of fused-ring (bicyclic) bond motifs is 5. The summed E-state index contributed by atoms with van der Waals surface area (Å²) in [5.41, 5.74) is 3.07. The lowest BCUT2D eigenvalue weighted by atomic mass is 9.45. The molecule has 31 heavy (non-hydrogen) atoms. The summed E-state index contributed by atoms with van der Waals surface area (Å²) in [6.07, 6.45) is 6.93. The first-order valence-electron chi connectivity index (χ1n) is 12.0. The van der Waals surface area contributed by atoms with Crippen LogP contribution in [0, 0.1) is 28.6 Å². The lowest BCUT2D eigenvalue weighted by Gasteiger charge is -2.59. The normalized spacial score (nSPS) is 42.3. The highest BCUT2D eigenvalue weighted by Gasteiger charge is 2.63. The molecule has 4 aliphatic rings. The molecule has 3 saturated carbocycles. The molecule has 1 aromatic rings. The summed E-state index contributed by atoms with van der Waals surface area (Å²) >= 11 is 1.78. The van der Waals surface area contributed by atoms with E-state index in [-0.39, 0.29) is 10.8 Å². The van der Waals surface area contributed by atoms with Crippen LogP contribution in [0.15, 0.2) is 58.5 Å². The number of hydrogen-bond acceptors (Lipinski definition) is 3. The van der Waals surface area contributed by atoms with Crippen LogP contribution >= 0.6 is 11.8 Å². The van der Waals surface area contributed by atoms with Crippen LogP contribution in [0.25, 0.3) is 0 Å². The number of carbonyl (C=O) groups is 1. The number of Topliss-reactive ketones (excluding diaryl/α,β-unsaturated/α-hetero) is 1. The van der Waals surface area contributed by atoms with E-state index < -0.39 is 5.60 Å². The number of ketones is 1. The fourth-order valence-electron chi connectivity index (χ4n) is 7.94. The van der Waals surface area contributed by atoms with Gasteiger partial charge >= 0.3 is 0 Å². The van der Waals surface area contributed by atoms with Crippen LogP contribution in [0.5, 0.6) is 0 Å². The molecule has 1 aromatic carbocycles. The van der Waals surface area contributed by atoms with Gasteiger partial charge in [-0.2, -0.15) is 0 Å². The van der Waals surface area contributed by atoms with Gasteiger partial charge in [0.15, 0.2) is 5.78 Å². The van der Waals surface area contributed by atoms with Crippen LogP contribution in [0.1, 0.15) is 65.7 Å². The van der Waals surface area contributed by atoms with Gasteiger partial charge in [-0.1, -0.05) is 44.2 Å². The summed E-state index contributed by atoms with van der Waals surface area (Å²) in [4.78, 5) is 14.3. The van der Waals surface area contributed by atoms with Gasteiger partial charge in [0.05, 0.1) is 5.60 Å². The molecule has 0 spiro atoms. The Hall–Kier alpha value is -1.32. The molecule has 2 nitrogen and oxygen atoms in total. The Bertz CT molecular complexity index is 945. The van der Waals surface area contributed by atoms with Crippen molar-refractivity contribution in [3.8, 4) is 0 Å². The summed E-state index contributed by atoms with van der Waals surface area (Å²) < 4.78 is 0. The highest BCUT2D eigenvalue weighted by atomic mass is 32.2. The van der Waals surface area contributed by atoms with Crippen molar-refractivity contribution in [2.24, 2.45) is 28.6 Å². The molecule has 0 amide bonds. The second-order valence-corrected chi connectivity index (χ2v) is 12.3. The smallest absolute Gasteiger partial charge is 0.160 e. The first kappa shape index (κ1) is 21.5. The van der Waals surface area contributed by atoms with E-state index in [1.807, 2.05) is 6.07 Å². The largest absolute Gasteiger partial charge is 0.390 e. The van der Waals surface area contributed by atoms with Crippen molar-refractivity contribution in [1.29, 1.82) is 0 Å². The fraction of sp³-hybridized carbons (Fsp3) is 0.607. The highest BCUT2D eigenvalue weighted by Crippen LogP contribution is 2.68. The van der Waals surface area contributed by atoms with Gasteiger partial charge < -0.3 is 5.11 Å². The number of rotatable bonds is 3. The van der Waals surface area contributed by atoms with E-state index in [9.17, 15) is 9.90 Å². The first-order chi connectivity index (χ1) is 14.7. The Labute approximate surface area is 191 Å². The maximum absolute atomic E-state index is 13.1. The van der Waals surface area contributed by atoms with E-state index in [2.05, 4.69) is 51.6 Å².